The summed E-state index contributed by atoms with van der Waals surface area (Å²) in [7, 11) is 0. The largest absolute Gasteiger partial charge is 0.478 e. The van der Waals surface area contributed by atoms with Crippen molar-refractivity contribution >= 4 is 22.7 Å². The third-order valence-electron chi connectivity index (χ3n) is 2.59. The normalized spacial score (nSPS) is 10.3. The second kappa shape index (κ2) is 4.87. The molecule has 0 spiro atoms. The summed E-state index contributed by atoms with van der Waals surface area (Å²) >= 11 is 0. The van der Waals surface area contributed by atoms with Crippen molar-refractivity contribution in [2.24, 2.45) is 0 Å². The number of benzene rings is 2. The molecule has 2 aromatic rings. The quantitative estimate of drug-likeness (QED) is 0.843. The number of ether oxygens (including phenoxy) is 1. The van der Waals surface area contributed by atoms with E-state index in [4.69, 9.17) is 9.84 Å². The first-order valence-electron chi connectivity index (χ1n) is 5.45. The highest BCUT2D eigenvalue weighted by atomic mass is 16.5. The van der Waals surface area contributed by atoms with Crippen LogP contribution in [0.3, 0.4) is 0 Å². The number of hydrogen-bond acceptors (Lipinski definition) is 3. The lowest BCUT2D eigenvalue weighted by Crippen LogP contribution is -1.99. The van der Waals surface area contributed by atoms with Gasteiger partial charge in [0, 0.05) is 6.92 Å². The Morgan fingerprint density at radius 3 is 2.44 bits per heavy atom. The molecule has 0 saturated carbocycles. The predicted octanol–water partition coefficient (Wildman–Crippen LogP) is 2.60. The summed E-state index contributed by atoms with van der Waals surface area (Å²) in [5.74, 6) is -1.27. The summed E-state index contributed by atoms with van der Waals surface area (Å²) in [6.45, 7) is 1.59. The molecule has 92 valence electrons. The number of esters is 1. The first-order valence-corrected chi connectivity index (χ1v) is 5.45. The minimum Gasteiger partial charge on any atom is -0.478 e. The fourth-order valence-corrected chi connectivity index (χ4v) is 1.70. The van der Waals surface area contributed by atoms with E-state index in [0.717, 1.165) is 16.3 Å². The second-order valence-corrected chi connectivity index (χ2v) is 3.98. The minimum atomic E-state index is -0.944. The molecule has 4 nitrogen and oxygen atoms in total. The van der Waals surface area contributed by atoms with Crippen molar-refractivity contribution in [3.05, 3.63) is 47.5 Å². The Balaban J connectivity index is 2.32. The molecule has 0 amide bonds. The van der Waals surface area contributed by atoms with Crippen molar-refractivity contribution in [2.45, 2.75) is 13.5 Å². The van der Waals surface area contributed by atoms with Crippen LogP contribution in [0.4, 0.5) is 0 Å². The SMILES string of the molecule is CC(=O)OCc1ccc2cc(C(=O)O)ccc2c1. The number of fused-ring (bicyclic) bond motifs is 1. The van der Waals surface area contributed by atoms with Gasteiger partial charge < -0.3 is 9.84 Å². The van der Waals surface area contributed by atoms with Gasteiger partial charge in [-0.05, 0) is 34.5 Å². The summed E-state index contributed by atoms with van der Waals surface area (Å²) in [6, 6.07) is 10.4. The molecule has 0 aliphatic carbocycles. The molecule has 2 aromatic carbocycles. The van der Waals surface area contributed by atoms with Gasteiger partial charge in [-0.1, -0.05) is 18.2 Å². The first kappa shape index (κ1) is 12.1. The van der Waals surface area contributed by atoms with E-state index in [0.29, 0.717) is 0 Å². The zero-order valence-corrected chi connectivity index (χ0v) is 9.84. The van der Waals surface area contributed by atoms with Crippen LogP contribution in [0.25, 0.3) is 10.8 Å². The molecule has 18 heavy (non-hydrogen) atoms. The zero-order valence-electron chi connectivity index (χ0n) is 9.84. The van der Waals surface area contributed by atoms with Gasteiger partial charge in [0.2, 0.25) is 0 Å². The Hall–Kier alpha value is -2.36. The molecular formula is C14H12O4. The summed E-state index contributed by atoms with van der Waals surface area (Å²) in [4.78, 5) is 21.5. The highest BCUT2D eigenvalue weighted by molar-refractivity contribution is 5.94. The maximum absolute atomic E-state index is 10.8. The Morgan fingerprint density at radius 2 is 1.78 bits per heavy atom. The van der Waals surface area contributed by atoms with Gasteiger partial charge in [0.15, 0.2) is 0 Å². The van der Waals surface area contributed by atoms with E-state index < -0.39 is 5.97 Å². The van der Waals surface area contributed by atoms with E-state index in [9.17, 15) is 9.59 Å². The maximum atomic E-state index is 10.8. The van der Waals surface area contributed by atoms with Crippen LogP contribution in [0.2, 0.25) is 0 Å². The van der Waals surface area contributed by atoms with Gasteiger partial charge in [0.1, 0.15) is 6.61 Å². The molecule has 2 rings (SSSR count). The lowest BCUT2D eigenvalue weighted by atomic mass is 10.0. The van der Waals surface area contributed by atoms with Gasteiger partial charge in [-0.2, -0.15) is 0 Å². The smallest absolute Gasteiger partial charge is 0.335 e. The van der Waals surface area contributed by atoms with Gasteiger partial charge >= 0.3 is 11.9 Å². The molecule has 0 saturated heterocycles. The number of hydrogen-bond donors (Lipinski definition) is 1. The second-order valence-electron chi connectivity index (χ2n) is 3.98. The van der Waals surface area contributed by atoms with E-state index in [1.165, 1.54) is 6.92 Å². The highest BCUT2D eigenvalue weighted by Gasteiger charge is 2.04. The summed E-state index contributed by atoms with van der Waals surface area (Å²) in [5, 5.41) is 10.7. The molecule has 0 heterocycles. The Labute approximate surface area is 104 Å². The zero-order chi connectivity index (χ0) is 13.1. The van der Waals surface area contributed by atoms with E-state index in [-0.39, 0.29) is 18.1 Å². The van der Waals surface area contributed by atoms with Gasteiger partial charge in [-0.3, -0.25) is 4.79 Å². The molecule has 0 unspecified atom stereocenters. The van der Waals surface area contributed by atoms with Gasteiger partial charge in [0.05, 0.1) is 5.56 Å². The molecule has 0 aliphatic rings. The molecule has 0 aliphatic heterocycles. The van der Waals surface area contributed by atoms with Crippen molar-refractivity contribution in [3.8, 4) is 0 Å². The molecule has 0 atom stereocenters. The van der Waals surface area contributed by atoms with E-state index in [2.05, 4.69) is 0 Å². The fourth-order valence-electron chi connectivity index (χ4n) is 1.70. The Kier molecular flexibility index (Phi) is 3.28. The number of carboxylic acids is 1. The van der Waals surface area contributed by atoms with Crippen LogP contribution < -0.4 is 0 Å². The first-order chi connectivity index (χ1) is 8.56. The minimum absolute atomic E-state index is 0.228. The Bertz CT molecular complexity index is 616. The number of carboxylic acid groups (broad SMARTS) is 1. The van der Waals surface area contributed by atoms with E-state index in [1.54, 1.807) is 18.2 Å². The molecule has 0 fully saturated rings. The maximum Gasteiger partial charge on any atom is 0.335 e. The van der Waals surface area contributed by atoms with E-state index >= 15 is 0 Å². The predicted molar refractivity (Wildman–Crippen MR) is 66.4 cm³/mol. The standard InChI is InChI=1S/C14H12O4/c1-9(15)18-8-10-2-3-12-7-13(14(16)17)5-4-11(12)6-10/h2-7H,8H2,1H3,(H,16,17). The number of carbonyl (C=O) groups excluding carboxylic acids is 1. The van der Waals surface area contributed by atoms with Crippen molar-refractivity contribution in [1.82, 2.24) is 0 Å². The number of aromatic carboxylic acids is 1. The number of carbonyl (C=O) groups is 2. The van der Waals surface area contributed by atoms with Crippen molar-refractivity contribution < 1.29 is 19.4 Å². The highest BCUT2D eigenvalue weighted by Crippen LogP contribution is 2.18. The molecule has 0 radical (unpaired) electrons. The third-order valence-corrected chi connectivity index (χ3v) is 2.59. The topological polar surface area (TPSA) is 63.6 Å². The average molecular weight is 244 g/mol. The van der Waals surface area contributed by atoms with Gasteiger partial charge in [-0.25, -0.2) is 4.79 Å². The van der Waals surface area contributed by atoms with Crippen molar-refractivity contribution in [2.75, 3.05) is 0 Å². The average Bonchev–Trinajstić information content (AvgIpc) is 2.35. The van der Waals surface area contributed by atoms with Crippen LogP contribution in [0, 0.1) is 0 Å². The Morgan fingerprint density at radius 1 is 1.11 bits per heavy atom. The van der Waals surface area contributed by atoms with Crippen LogP contribution in [-0.2, 0) is 16.1 Å². The van der Waals surface area contributed by atoms with Crippen LogP contribution in [0.5, 0.6) is 0 Å². The molecular weight excluding hydrogens is 232 g/mol. The van der Waals surface area contributed by atoms with Crippen LogP contribution >= 0.6 is 0 Å². The molecule has 1 N–H and O–H groups in total. The van der Waals surface area contributed by atoms with Crippen LogP contribution in [0.1, 0.15) is 22.8 Å². The number of rotatable bonds is 3. The molecule has 0 bridgehead atoms. The summed E-state index contributed by atoms with van der Waals surface area (Å²) < 4.78 is 4.91. The van der Waals surface area contributed by atoms with Gasteiger partial charge in [-0.15, -0.1) is 0 Å². The summed E-state index contributed by atoms with van der Waals surface area (Å²) in [5.41, 5.74) is 1.14. The third kappa shape index (κ3) is 2.66. The van der Waals surface area contributed by atoms with Crippen LogP contribution in [0.15, 0.2) is 36.4 Å². The van der Waals surface area contributed by atoms with Crippen molar-refractivity contribution in [3.63, 3.8) is 0 Å². The fraction of sp³-hybridized carbons (Fsp3) is 0.143. The summed E-state index contributed by atoms with van der Waals surface area (Å²) in [6.07, 6.45) is 0. The van der Waals surface area contributed by atoms with E-state index in [1.807, 2.05) is 18.2 Å². The molecule has 4 heteroatoms. The lowest BCUT2D eigenvalue weighted by molar-refractivity contribution is -0.142. The van der Waals surface area contributed by atoms with Gasteiger partial charge in [0.25, 0.3) is 0 Å². The lowest BCUT2D eigenvalue weighted by Gasteiger charge is -2.05. The van der Waals surface area contributed by atoms with Crippen molar-refractivity contribution in [1.29, 1.82) is 0 Å². The molecule has 0 aromatic heterocycles. The monoisotopic (exact) mass is 244 g/mol. The van der Waals surface area contributed by atoms with Crippen LogP contribution in [-0.4, -0.2) is 17.0 Å².